The fraction of sp³-hybridized carbons (Fsp3) is 0.943. The highest BCUT2D eigenvalue weighted by molar-refractivity contribution is 7.80. The quantitative estimate of drug-likeness (QED) is 0.0197. The maximum atomic E-state index is 12.9. The zero-order valence-electron chi connectivity index (χ0n) is 42.3. The van der Waals surface area contributed by atoms with Gasteiger partial charge in [-0.1, -0.05) is 225 Å². The maximum Gasteiger partial charge on any atom is 0.397 e. The number of unbranched alkanes of at least 4 members (excludes halogenated alkanes) is 34. The van der Waals surface area contributed by atoms with Crippen LogP contribution < -0.4 is 0 Å². The van der Waals surface area contributed by atoms with Gasteiger partial charge in [0.2, 0.25) is 0 Å². The first-order valence-electron chi connectivity index (χ1n) is 27.4. The van der Waals surface area contributed by atoms with Crippen LogP contribution in [0.25, 0.3) is 0 Å². The monoisotopic (exact) mass is 963 g/mol. The largest absolute Gasteiger partial charge is 0.457 e. The number of aliphatic hydroxyl groups is 3. The molecule has 0 radical (unpaired) electrons. The minimum atomic E-state index is -5.06. The molecule has 0 saturated carbocycles. The second-order valence-corrected chi connectivity index (χ2v) is 20.2. The number of esters is 1. The Labute approximate surface area is 404 Å². The number of hydrogen-bond acceptors (Lipinski definition) is 11. The fourth-order valence-electron chi connectivity index (χ4n) is 8.73. The molecule has 0 spiro atoms. The van der Waals surface area contributed by atoms with Gasteiger partial charge in [0.05, 0.1) is 19.8 Å². The molecule has 1 aliphatic rings. The molecule has 6 unspecified atom stereocenters. The van der Waals surface area contributed by atoms with Gasteiger partial charge >= 0.3 is 16.4 Å². The second-order valence-electron chi connectivity index (χ2n) is 19.2. The first kappa shape index (κ1) is 62.9. The van der Waals surface area contributed by atoms with E-state index in [0.29, 0.717) is 13.0 Å². The normalized spacial score (nSPS) is 19.5. The molecule has 0 amide bonds. The predicted octanol–water partition coefficient (Wildman–Crippen LogP) is 13.0. The summed E-state index contributed by atoms with van der Waals surface area (Å²) in [6.07, 6.45) is 42.4. The summed E-state index contributed by atoms with van der Waals surface area (Å²) in [5.41, 5.74) is 0. The van der Waals surface area contributed by atoms with Gasteiger partial charge in [-0.15, -0.1) is 0 Å². The first-order chi connectivity index (χ1) is 32.1. The minimum Gasteiger partial charge on any atom is -0.457 e. The molecule has 13 heteroatoms. The molecule has 392 valence electrons. The van der Waals surface area contributed by atoms with Gasteiger partial charge in [0, 0.05) is 13.0 Å². The zero-order chi connectivity index (χ0) is 48.2. The molecule has 0 bridgehead atoms. The third kappa shape index (κ3) is 37.7. The van der Waals surface area contributed by atoms with Gasteiger partial charge in [-0.25, -0.2) is 4.18 Å². The SMILES string of the molecule is CCCCCCCCC/C=C\CCCCCCCCCCOCC(COC1OC(CO)C(O)C(OS(=O)(=O)O)C1O)OC(=O)CCCCCCCCCCCCCCCCCCCCCC. The zero-order valence-corrected chi connectivity index (χ0v) is 43.1. The lowest BCUT2D eigenvalue weighted by Crippen LogP contribution is -2.60. The van der Waals surface area contributed by atoms with Crippen molar-refractivity contribution in [1.82, 2.24) is 0 Å². The second kappa shape index (κ2) is 45.0. The van der Waals surface area contributed by atoms with Gasteiger partial charge in [0.15, 0.2) is 6.29 Å². The molecule has 1 heterocycles. The smallest absolute Gasteiger partial charge is 0.397 e. The molecule has 66 heavy (non-hydrogen) atoms. The summed E-state index contributed by atoms with van der Waals surface area (Å²) in [6.45, 7) is 4.04. The first-order valence-corrected chi connectivity index (χ1v) is 28.8. The molecule has 4 N–H and O–H groups in total. The van der Waals surface area contributed by atoms with Crippen LogP contribution in [-0.2, 0) is 38.3 Å². The molecule has 0 aliphatic carbocycles. The van der Waals surface area contributed by atoms with Gasteiger partial charge < -0.3 is 34.3 Å². The molecule has 0 aromatic heterocycles. The van der Waals surface area contributed by atoms with Crippen molar-refractivity contribution in [2.45, 2.75) is 295 Å². The highest BCUT2D eigenvalue weighted by Gasteiger charge is 2.48. The number of carbonyl (C=O) groups excluding carboxylic acids is 1. The average Bonchev–Trinajstić information content (AvgIpc) is 3.29. The van der Waals surface area contributed by atoms with E-state index in [2.05, 4.69) is 30.2 Å². The molecule has 1 fully saturated rings. The average molecular weight is 963 g/mol. The lowest BCUT2D eigenvalue weighted by atomic mass is 9.99. The topological polar surface area (TPSA) is 178 Å². The lowest BCUT2D eigenvalue weighted by molar-refractivity contribution is -0.301. The van der Waals surface area contributed by atoms with Gasteiger partial charge in [-0.3, -0.25) is 9.35 Å². The summed E-state index contributed by atoms with van der Waals surface area (Å²) >= 11 is 0. The van der Waals surface area contributed by atoms with E-state index in [1.54, 1.807) is 0 Å². The Kier molecular flexibility index (Phi) is 42.9. The van der Waals surface area contributed by atoms with Gasteiger partial charge in [-0.05, 0) is 38.5 Å². The van der Waals surface area contributed by atoms with Crippen LogP contribution in [0.3, 0.4) is 0 Å². The van der Waals surface area contributed by atoms with Crippen LogP contribution in [0.1, 0.15) is 258 Å². The Bertz CT molecular complexity index is 1200. The van der Waals surface area contributed by atoms with E-state index in [-0.39, 0.29) is 19.6 Å². The van der Waals surface area contributed by atoms with E-state index in [1.807, 2.05) is 0 Å². The van der Waals surface area contributed by atoms with Crippen LogP contribution in [0.2, 0.25) is 0 Å². The van der Waals surface area contributed by atoms with E-state index in [9.17, 15) is 33.1 Å². The number of aliphatic hydroxyl groups excluding tert-OH is 3. The Balaban J connectivity index is 2.32. The Morgan fingerprint density at radius 1 is 0.561 bits per heavy atom. The van der Waals surface area contributed by atoms with Crippen LogP contribution >= 0.6 is 0 Å². The van der Waals surface area contributed by atoms with Crippen molar-refractivity contribution in [1.29, 1.82) is 0 Å². The fourth-order valence-corrected chi connectivity index (χ4v) is 9.24. The van der Waals surface area contributed by atoms with Crippen LogP contribution in [0, 0.1) is 0 Å². The summed E-state index contributed by atoms with van der Waals surface area (Å²) in [7, 11) is -5.06. The predicted molar refractivity (Wildman–Crippen MR) is 267 cm³/mol. The van der Waals surface area contributed by atoms with Crippen molar-refractivity contribution >= 4 is 16.4 Å². The molecule has 0 aromatic carbocycles. The summed E-state index contributed by atoms with van der Waals surface area (Å²) in [5.74, 6) is -0.393. The molecule has 6 atom stereocenters. The standard InChI is InChI=1S/C53H102O12S/c1-3-5-7-9-11-13-15-17-19-21-23-24-26-28-30-32-34-36-38-40-42-49(55)63-47(46-62-53-51(57)52(65-66(58,59)60)50(56)48(44-54)64-53)45-61-43-41-39-37-35-33-31-29-27-25-22-20-18-16-14-12-10-8-6-4-2/h20,22,47-48,50-54,56-57H,3-19,21,23-46H2,1-2H3,(H,58,59,60)/b22-20-. The number of ether oxygens (including phenoxy) is 4. The third-order valence-corrected chi connectivity index (χ3v) is 13.4. The summed E-state index contributed by atoms with van der Waals surface area (Å²) in [4.78, 5) is 12.9. The summed E-state index contributed by atoms with van der Waals surface area (Å²) in [6, 6.07) is 0. The maximum absolute atomic E-state index is 12.9. The molecular weight excluding hydrogens is 861 g/mol. The van der Waals surface area contributed by atoms with Crippen LogP contribution in [0.5, 0.6) is 0 Å². The molecular formula is C53H102O12S. The number of carbonyl (C=O) groups is 1. The summed E-state index contributed by atoms with van der Waals surface area (Å²) in [5, 5.41) is 30.8. The van der Waals surface area contributed by atoms with Crippen molar-refractivity contribution in [3.8, 4) is 0 Å². The number of rotatable bonds is 49. The van der Waals surface area contributed by atoms with E-state index in [1.165, 1.54) is 193 Å². The van der Waals surface area contributed by atoms with Crippen molar-refractivity contribution in [3.63, 3.8) is 0 Å². The van der Waals surface area contributed by atoms with Crippen molar-refractivity contribution in [3.05, 3.63) is 12.2 Å². The van der Waals surface area contributed by atoms with E-state index < -0.39 is 59.8 Å². The van der Waals surface area contributed by atoms with Gasteiger partial charge in [0.1, 0.15) is 30.5 Å². The molecule has 1 rings (SSSR count). The van der Waals surface area contributed by atoms with Crippen molar-refractivity contribution in [2.75, 3.05) is 26.4 Å². The van der Waals surface area contributed by atoms with E-state index in [0.717, 1.165) is 38.5 Å². The van der Waals surface area contributed by atoms with E-state index in [4.69, 9.17) is 18.9 Å². The molecule has 1 aliphatic heterocycles. The minimum absolute atomic E-state index is 0.0400. The van der Waals surface area contributed by atoms with Gasteiger partial charge in [0.25, 0.3) is 0 Å². The van der Waals surface area contributed by atoms with Crippen molar-refractivity contribution < 1.29 is 56.2 Å². The highest BCUT2D eigenvalue weighted by Crippen LogP contribution is 2.26. The Morgan fingerprint density at radius 2 is 0.955 bits per heavy atom. The van der Waals surface area contributed by atoms with Crippen molar-refractivity contribution in [2.24, 2.45) is 0 Å². The third-order valence-electron chi connectivity index (χ3n) is 12.9. The molecule has 0 aromatic rings. The lowest BCUT2D eigenvalue weighted by Gasteiger charge is -2.41. The Hall–Kier alpha value is -1.16. The summed E-state index contributed by atoms with van der Waals surface area (Å²) < 4.78 is 59.3. The van der Waals surface area contributed by atoms with Gasteiger partial charge in [-0.2, -0.15) is 8.42 Å². The highest BCUT2D eigenvalue weighted by atomic mass is 32.3. The van der Waals surface area contributed by atoms with Crippen LogP contribution in [-0.4, -0.2) is 97.5 Å². The number of hydrogen-bond donors (Lipinski definition) is 4. The Morgan fingerprint density at radius 3 is 1.36 bits per heavy atom. The van der Waals surface area contributed by atoms with Crippen LogP contribution in [0.15, 0.2) is 12.2 Å². The van der Waals surface area contributed by atoms with Crippen LogP contribution in [0.4, 0.5) is 0 Å². The van der Waals surface area contributed by atoms with E-state index >= 15 is 0 Å². The molecule has 12 nitrogen and oxygen atoms in total. The number of allylic oxidation sites excluding steroid dienone is 2. The molecule has 1 saturated heterocycles.